The summed E-state index contributed by atoms with van der Waals surface area (Å²) in [5.74, 6) is -1.48. The summed E-state index contributed by atoms with van der Waals surface area (Å²) < 4.78 is 30.2. The van der Waals surface area contributed by atoms with E-state index in [2.05, 4.69) is 58.0 Å². The Morgan fingerprint density at radius 2 is 1.49 bits per heavy atom. The molecule has 3 heterocycles. The van der Waals surface area contributed by atoms with Gasteiger partial charge in [-0.05, 0) is 162 Å². The summed E-state index contributed by atoms with van der Waals surface area (Å²) in [5.41, 5.74) is 5.32. The van der Waals surface area contributed by atoms with Crippen LogP contribution in [-0.2, 0) is 39.7 Å². The minimum Gasteiger partial charge on any atom is -0.478 e. The summed E-state index contributed by atoms with van der Waals surface area (Å²) in [6, 6.07) is 20.3. The monoisotopic (exact) mass is 973 g/mol. The van der Waals surface area contributed by atoms with Gasteiger partial charge in [0.05, 0.1) is 36.4 Å². The highest BCUT2D eigenvalue weighted by Crippen LogP contribution is 2.41. The maximum absolute atomic E-state index is 12.9. The van der Waals surface area contributed by atoms with Gasteiger partial charge in [0.2, 0.25) is 0 Å². The Kier molecular flexibility index (Phi) is 22.0. The average molecular weight is 973 g/mol. The first kappa shape index (κ1) is 57.2. The van der Waals surface area contributed by atoms with Crippen LogP contribution in [0.15, 0.2) is 95.6 Å². The van der Waals surface area contributed by atoms with Crippen molar-refractivity contribution in [3.63, 3.8) is 0 Å². The molecule has 3 fully saturated rings. The predicted octanol–water partition coefficient (Wildman–Crippen LogP) is 11.3. The van der Waals surface area contributed by atoms with Crippen LogP contribution in [0.1, 0.15) is 150 Å². The Balaban J connectivity index is 0.000000232. The van der Waals surface area contributed by atoms with Crippen molar-refractivity contribution in [1.82, 2.24) is 0 Å². The van der Waals surface area contributed by atoms with Crippen LogP contribution in [0.25, 0.3) is 0 Å². The lowest BCUT2D eigenvalue weighted by molar-refractivity contribution is -0.158. The van der Waals surface area contributed by atoms with Gasteiger partial charge in [0, 0.05) is 18.1 Å². The topological polar surface area (TPSA) is 161 Å². The van der Waals surface area contributed by atoms with Gasteiger partial charge in [0.25, 0.3) is 0 Å². The number of aliphatic hydroxyl groups is 3. The Hall–Kier alpha value is -3.68. The van der Waals surface area contributed by atoms with Gasteiger partial charge in [-0.25, -0.2) is 4.79 Å². The van der Waals surface area contributed by atoms with Crippen LogP contribution in [0.5, 0.6) is 0 Å². The molecule has 0 amide bonds. The molecule has 2 aromatic carbocycles. The molecular formula is C59H88O11. The minimum absolute atomic E-state index is 0.0502. The summed E-state index contributed by atoms with van der Waals surface area (Å²) in [5, 5.41) is 41.2. The number of hydrogen-bond donors (Lipinski definition) is 4. The highest BCUT2D eigenvalue weighted by molar-refractivity contribution is 5.88. The Bertz CT molecular complexity index is 2010. The van der Waals surface area contributed by atoms with Crippen molar-refractivity contribution in [2.24, 2.45) is 35.5 Å². The summed E-state index contributed by atoms with van der Waals surface area (Å²) in [4.78, 5) is 24.7. The fraction of sp³-hybridized carbons (Fsp3) is 0.661. The SMILES string of the molecule is CC1=C(C(=O)O)C(/C=C/CC2OC(C)(C)OC2C(O)CCC(CO)Cc2ccccc2)CC(C)C1.CC1=CC(C)C2C(=O)O[C@@H](C)CCCC(O)C3OC(C)(C)OC3CCCC2C1.Cc1ccccc1. The number of allylic oxidation sites excluding steroid dienone is 4. The molecule has 0 bridgehead atoms. The molecule has 2 aliphatic carbocycles. The second-order valence-electron chi connectivity index (χ2n) is 22.2. The number of carbonyl (C=O) groups is 2. The average Bonchev–Trinajstić information content (AvgIpc) is 3.78. The number of carboxylic acid groups (broad SMARTS) is 1. The van der Waals surface area contributed by atoms with E-state index < -0.39 is 35.9 Å². The molecule has 4 N–H and O–H groups in total. The molecule has 12 unspecified atom stereocenters. The van der Waals surface area contributed by atoms with E-state index in [0.29, 0.717) is 43.1 Å². The number of hydrogen-bond acceptors (Lipinski definition) is 10. The van der Waals surface area contributed by atoms with E-state index in [4.69, 9.17) is 23.7 Å². The zero-order chi connectivity index (χ0) is 51.2. The number of aryl methyl sites for hydroxylation is 1. The van der Waals surface area contributed by atoms with Crippen LogP contribution in [0.4, 0.5) is 0 Å². The molecule has 390 valence electrons. The number of fused-ring (bicyclic) bond motifs is 2. The van der Waals surface area contributed by atoms with E-state index in [0.717, 1.165) is 63.4 Å². The van der Waals surface area contributed by atoms with Crippen molar-refractivity contribution in [3.8, 4) is 0 Å². The molecular weight excluding hydrogens is 885 g/mol. The van der Waals surface area contributed by atoms with E-state index in [1.165, 1.54) is 16.7 Å². The largest absolute Gasteiger partial charge is 0.478 e. The molecule has 0 radical (unpaired) electrons. The van der Waals surface area contributed by atoms with Crippen molar-refractivity contribution in [1.29, 1.82) is 0 Å². The summed E-state index contributed by atoms with van der Waals surface area (Å²) in [6.45, 7) is 20.0. The van der Waals surface area contributed by atoms with Gasteiger partial charge < -0.3 is 44.1 Å². The molecule has 2 aromatic rings. The second-order valence-corrected chi connectivity index (χ2v) is 22.2. The van der Waals surface area contributed by atoms with Crippen molar-refractivity contribution < 1.29 is 53.7 Å². The molecule has 0 spiro atoms. The second kappa shape index (κ2) is 26.9. The number of aliphatic hydroxyl groups excluding tert-OH is 3. The molecule has 70 heavy (non-hydrogen) atoms. The zero-order valence-electron chi connectivity index (χ0n) is 44.1. The Labute approximate surface area is 420 Å². The number of cyclic esters (lactones) is 1. The quantitative estimate of drug-likeness (QED) is 0.125. The van der Waals surface area contributed by atoms with Gasteiger partial charge in [0.1, 0.15) is 12.2 Å². The lowest BCUT2D eigenvalue weighted by Gasteiger charge is -2.35. The number of ether oxygens (including phenoxy) is 5. The molecule has 7 rings (SSSR count). The third-order valence-electron chi connectivity index (χ3n) is 14.7. The van der Waals surface area contributed by atoms with Crippen LogP contribution >= 0.6 is 0 Å². The van der Waals surface area contributed by atoms with Gasteiger partial charge in [0.15, 0.2) is 11.6 Å². The summed E-state index contributed by atoms with van der Waals surface area (Å²) >= 11 is 0. The van der Waals surface area contributed by atoms with Crippen LogP contribution in [0.2, 0.25) is 0 Å². The van der Waals surface area contributed by atoms with Crippen LogP contribution < -0.4 is 0 Å². The smallest absolute Gasteiger partial charge is 0.332 e. The van der Waals surface area contributed by atoms with Crippen LogP contribution in [-0.4, -0.2) is 93.3 Å². The third-order valence-corrected chi connectivity index (χ3v) is 14.7. The first-order chi connectivity index (χ1) is 33.1. The first-order valence-corrected chi connectivity index (χ1v) is 26.4. The molecule has 0 saturated carbocycles. The van der Waals surface area contributed by atoms with E-state index in [1.807, 2.05) is 90.1 Å². The number of carbonyl (C=O) groups excluding carboxylic acids is 1. The van der Waals surface area contributed by atoms with Crippen LogP contribution in [0.3, 0.4) is 0 Å². The number of esters is 1. The number of benzene rings is 2. The molecule has 13 atom stereocenters. The number of aliphatic carboxylic acids is 1. The van der Waals surface area contributed by atoms with Gasteiger partial charge in [-0.15, -0.1) is 0 Å². The highest BCUT2D eigenvalue weighted by Gasteiger charge is 2.46. The van der Waals surface area contributed by atoms with Crippen LogP contribution in [0, 0.1) is 42.4 Å². The summed E-state index contributed by atoms with van der Waals surface area (Å²) in [7, 11) is 0. The maximum Gasteiger partial charge on any atom is 0.332 e. The van der Waals surface area contributed by atoms with E-state index in [9.17, 15) is 30.0 Å². The Morgan fingerprint density at radius 3 is 2.13 bits per heavy atom. The zero-order valence-corrected chi connectivity index (χ0v) is 44.1. The van der Waals surface area contributed by atoms with E-state index in [1.54, 1.807) is 0 Å². The fourth-order valence-electron chi connectivity index (χ4n) is 11.5. The maximum atomic E-state index is 12.9. The predicted molar refractivity (Wildman–Crippen MR) is 275 cm³/mol. The van der Waals surface area contributed by atoms with Gasteiger partial charge in [-0.3, -0.25) is 4.79 Å². The lowest BCUT2D eigenvalue weighted by atomic mass is 9.72. The minimum atomic E-state index is -0.840. The van der Waals surface area contributed by atoms with Crippen molar-refractivity contribution in [3.05, 3.63) is 107 Å². The molecule has 3 saturated heterocycles. The number of carboxylic acids is 1. The van der Waals surface area contributed by atoms with E-state index >= 15 is 0 Å². The standard InChI is InChI=1S/C29H42O6.C23H38O5.C7H8/c1-19-15-20(2)26(28(32)33)23(16-19)11-8-12-25-27(35-29(3,4)34-25)24(31)14-13-22(18-30)17-21-9-6-5-7-10-21;1-14-12-15(2)20-17(13-14)9-7-11-19-21(28-23(4,5)27-19)18(24)10-6-8-16(3)26-22(20)25;1-7-5-3-2-4-6-7/h5-11,19,22-25,27,30-31H,12-18H2,1-4H3,(H,32,33);12,15-21,24H,6-11,13H2,1-5H3;2-6H,1H3/b11-8+;;/t;15?,16-,17?,18?,19?,20?,21?;/m.0./s1. The summed E-state index contributed by atoms with van der Waals surface area (Å²) in [6.07, 6.45) is 13.7. The Morgan fingerprint density at radius 1 is 0.829 bits per heavy atom. The molecule has 0 aromatic heterocycles. The fourth-order valence-corrected chi connectivity index (χ4v) is 11.5. The lowest BCUT2D eigenvalue weighted by Crippen LogP contribution is -2.37. The molecule has 5 aliphatic rings. The van der Waals surface area contributed by atoms with Crippen molar-refractivity contribution >= 4 is 11.9 Å². The number of rotatable bonds is 11. The van der Waals surface area contributed by atoms with Crippen molar-refractivity contribution in [2.45, 2.75) is 207 Å². The molecule has 3 aliphatic heterocycles. The third kappa shape index (κ3) is 17.5. The first-order valence-electron chi connectivity index (χ1n) is 26.4. The van der Waals surface area contributed by atoms with Gasteiger partial charge >= 0.3 is 11.9 Å². The molecule has 11 heteroatoms. The normalized spacial score (nSPS) is 32.1. The van der Waals surface area contributed by atoms with E-state index in [-0.39, 0.29) is 60.7 Å². The molecule has 11 nitrogen and oxygen atoms in total. The van der Waals surface area contributed by atoms with Crippen molar-refractivity contribution in [2.75, 3.05) is 6.61 Å². The highest BCUT2D eigenvalue weighted by atomic mass is 16.8. The van der Waals surface area contributed by atoms with Gasteiger partial charge in [-0.2, -0.15) is 0 Å². The van der Waals surface area contributed by atoms with Gasteiger partial charge in [-0.1, -0.05) is 116 Å².